The summed E-state index contributed by atoms with van der Waals surface area (Å²) >= 11 is 6.05. The highest BCUT2D eigenvalue weighted by atomic mass is 35.5. The molecule has 0 N–H and O–H groups in total. The van der Waals surface area contributed by atoms with Crippen molar-refractivity contribution in [3.63, 3.8) is 0 Å². The number of halogens is 1. The molecule has 1 unspecified atom stereocenters. The Balaban J connectivity index is 2.54. The van der Waals surface area contributed by atoms with Gasteiger partial charge in [0.25, 0.3) is 0 Å². The van der Waals surface area contributed by atoms with Gasteiger partial charge in [-0.3, -0.25) is 0 Å². The van der Waals surface area contributed by atoms with Crippen LogP contribution in [-0.4, -0.2) is 9.97 Å². The fourth-order valence-electron chi connectivity index (χ4n) is 1.86. The number of hydrogen-bond acceptors (Lipinski definition) is 3. The largest absolute Gasteiger partial charge is 0.364 e. The average molecular weight is 225 g/mol. The van der Waals surface area contributed by atoms with Crippen molar-refractivity contribution >= 4 is 11.6 Å². The van der Waals surface area contributed by atoms with Crippen LogP contribution in [-0.2, 0) is 16.9 Å². The standard InChI is InChI=1S/C11H13ClN2O/c1-4-5-11(3)9-8(6-15-11)10(12)14-7(2)13-9/h4H,1,5-6H2,2-3H3. The Hall–Kier alpha value is -0.930. The van der Waals surface area contributed by atoms with E-state index in [9.17, 15) is 0 Å². The molecule has 0 saturated heterocycles. The first-order chi connectivity index (χ1) is 7.07. The number of rotatable bonds is 2. The van der Waals surface area contributed by atoms with Gasteiger partial charge in [-0.25, -0.2) is 9.97 Å². The summed E-state index contributed by atoms with van der Waals surface area (Å²) in [6, 6.07) is 0. The molecular formula is C11H13ClN2O. The van der Waals surface area contributed by atoms with Gasteiger partial charge < -0.3 is 4.74 Å². The maximum absolute atomic E-state index is 6.05. The Kier molecular flexibility index (Phi) is 2.52. The summed E-state index contributed by atoms with van der Waals surface area (Å²) in [5.41, 5.74) is 1.42. The Labute approximate surface area is 94.1 Å². The zero-order chi connectivity index (χ0) is 11.1. The molecule has 0 spiro atoms. The predicted octanol–water partition coefficient (Wildman–Crippen LogP) is 2.76. The van der Waals surface area contributed by atoms with Crippen LogP contribution in [0.25, 0.3) is 0 Å². The van der Waals surface area contributed by atoms with E-state index in [1.54, 1.807) is 0 Å². The zero-order valence-electron chi connectivity index (χ0n) is 8.88. The lowest BCUT2D eigenvalue weighted by atomic mass is 9.97. The molecule has 2 heterocycles. The highest BCUT2D eigenvalue weighted by Crippen LogP contribution is 2.39. The summed E-state index contributed by atoms with van der Waals surface area (Å²) in [5.74, 6) is 0.680. The van der Waals surface area contributed by atoms with Crippen molar-refractivity contribution in [2.45, 2.75) is 32.5 Å². The minimum Gasteiger partial charge on any atom is -0.364 e. The summed E-state index contributed by atoms with van der Waals surface area (Å²) in [7, 11) is 0. The van der Waals surface area contributed by atoms with Gasteiger partial charge in [0.2, 0.25) is 0 Å². The van der Waals surface area contributed by atoms with Crippen LogP contribution in [0.3, 0.4) is 0 Å². The number of aryl methyl sites for hydroxylation is 1. The van der Waals surface area contributed by atoms with E-state index in [4.69, 9.17) is 16.3 Å². The number of fused-ring (bicyclic) bond motifs is 1. The number of nitrogens with zero attached hydrogens (tertiary/aromatic N) is 2. The van der Waals surface area contributed by atoms with Gasteiger partial charge in [-0.05, 0) is 20.3 Å². The highest BCUT2D eigenvalue weighted by molar-refractivity contribution is 6.30. The third-order valence-corrected chi connectivity index (χ3v) is 2.95. The van der Waals surface area contributed by atoms with E-state index in [0.717, 1.165) is 17.7 Å². The van der Waals surface area contributed by atoms with Crippen LogP contribution in [0.5, 0.6) is 0 Å². The molecule has 1 aliphatic heterocycles. The van der Waals surface area contributed by atoms with Gasteiger partial charge in [-0.15, -0.1) is 6.58 Å². The van der Waals surface area contributed by atoms with Gasteiger partial charge in [0.05, 0.1) is 12.3 Å². The van der Waals surface area contributed by atoms with Crippen molar-refractivity contribution in [3.8, 4) is 0 Å². The molecular weight excluding hydrogens is 212 g/mol. The smallest absolute Gasteiger partial charge is 0.138 e. The zero-order valence-corrected chi connectivity index (χ0v) is 9.64. The maximum Gasteiger partial charge on any atom is 0.138 e. The van der Waals surface area contributed by atoms with Crippen LogP contribution >= 0.6 is 11.6 Å². The van der Waals surface area contributed by atoms with Gasteiger partial charge in [0.15, 0.2) is 0 Å². The monoisotopic (exact) mass is 224 g/mol. The topological polar surface area (TPSA) is 35.0 Å². The van der Waals surface area contributed by atoms with Crippen molar-refractivity contribution in [2.24, 2.45) is 0 Å². The predicted molar refractivity (Wildman–Crippen MR) is 58.7 cm³/mol. The highest BCUT2D eigenvalue weighted by Gasteiger charge is 2.38. The Morgan fingerprint density at radius 3 is 3.00 bits per heavy atom. The Morgan fingerprint density at radius 2 is 2.33 bits per heavy atom. The van der Waals surface area contributed by atoms with E-state index < -0.39 is 5.60 Å². The molecule has 15 heavy (non-hydrogen) atoms. The van der Waals surface area contributed by atoms with Crippen LogP contribution in [0, 0.1) is 6.92 Å². The Morgan fingerprint density at radius 1 is 1.60 bits per heavy atom. The second-order valence-electron chi connectivity index (χ2n) is 3.90. The molecule has 1 aromatic heterocycles. The van der Waals surface area contributed by atoms with E-state index in [2.05, 4.69) is 16.5 Å². The third kappa shape index (κ3) is 1.66. The second-order valence-corrected chi connectivity index (χ2v) is 4.26. The minimum atomic E-state index is -0.394. The summed E-state index contributed by atoms with van der Waals surface area (Å²) in [6.07, 6.45) is 2.56. The van der Waals surface area contributed by atoms with Crippen LogP contribution in [0.4, 0.5) is 0 Å². The first kappa shape index (κ1) is 10.6. The van der Waals surface area contributed by atoms with Gasteiger partial charge in [-0.2, -0.15) is 0 Å². The molecule has 0 fully saturated rings. The molecule has 0 aliphatic carbocycles. The summed E-state index contributed by atoms with van der Waals surface area (Å²) in [6.45, 7) is 8.05. The third-order valence-electron chi connectivity index (χ3n) is 2.64. The number of aromatic nitrogens is 2. The normalized spacial score (nSPS) is 23.9. The van der Waals surface area contributed by atoms with Crippen LogP contribution in [0.2, 0.25) is 5.15 Å². The average Bonchev–Trinajstić information content (AvgIpc) is 2.45. The van der Waals surface area contributed by atoms with Gasteiger partial charge >= 0.3 is 0 Å². The molecule has 1 atom stereocenters. The van der Waals surface area contributed by atoms with Gasteiger partial charge in [0.1, 0.15) is 16.6 Å². The van der Waals surface area contributed by atoms with Crippen LogP contribution in [0.15, 0.2) is 12.7 Å². The quantitative estimate of drug-likeness (QED) is 0.572. The van der Waals surface area contributed by atoms with Crippen molar-refractivity contribution in [1.29, 1.82) is 0 Å². The van der Waals surface area contributed by atoms with Crippen LogP contribution in [0.1, 0.15) is 30.4 Å². The molecule has 0 amide bonds. The number of ether oxygens (including phenoxy) is 1. The van der Waals surface area contributed by atoms with Gasteiger partial charge in [-0.1, -0.05) is 17.7 Å². The molecule has 0 bridgehead atoms. The minimum absolute atomic E-state index is 0.394. The molecule has 1 aliphatic rings. The Bertz CT molecular complexity index is 419. The molecule has 0 saturated carbocycles. The van der Waals surface area contributed by atoms with Crippen LogP contribution < -0.4 is 0 Å². The lowest BCUT2D eigenvalue weighted by Gasteiger charge is -2.21. The van der Waals surface area contributed by atoms with E-state index in [1.807, 2.05) is 19.9 Å². The van der Waals surface area contributed by atoms with E-state index in [0.29, 0.717) is 17.6 Å². The molecule has 2 rings (SSSR count). The molecule has 3 nitrogen and oxygen atoms in total. The SMILES string of the molecule is C=CCC1(C)OCc2c(Cl)nc(C)nc21. The molecule has 0 radical (unpaired) electrons. The molecule has 1 aromatic rings. The lowest BCUT2D eigenvalue weighted by molar-refractivity contribution is -0.0229. The number of hydrogen-bond donors (Lipinski definition) is 0. The first-order valence-electron chi connectivity index (χ1n) is 4.85. The summed E-state index contributed by atoms with van der Waals surface area (Å²) < 4.78 is 5.73. The van der Waals surface area contributed by atoms with Crippen molar-refractivity contribution < 1.29 is 4.74 Å². The molecule has 4 heteroatoms. The van der Waals surface area contributed by atoms with Crippen molar-refractivity contribution in [1.82, 2.24) is 9.97 Å². The summed E-state index contributed by atoms with van der Waals surface area (Å²) in [5, 5.41) is 0.505. The fourth-order valence-corrected chi connectivity index (χ4v) is 2.12. The second kappa shape index (κ2) is 3.58. The van der Waals surface area contributed by atoms with Crippen molar-refractivity contribution in [3.05, 3.63) is 34.9 Å². The maximum atomic E-state index is 6.05. The molecule has 0 aromatic carbocycles. The van der Waals surface area contributed by atoms with Crippen molar-refractivity contribution in [2.75, 3.05) is 0 Å². The molecule has 80 valence electrons. The summed E-state index contributed by atoms with van der Waals surface area (Å²) in [4.78, 5) is 8.54. The van der Waals surface area contributed by atoms with E-state index >= 15 is 0 Å². The van der Waals surface area contributed by atoms with E-state index in [-0.39, 0.29) is 0 Å². The van der Waals surface area contributed by atoms with Gasteiger partial charge in [0, 0.05) is 5.56 Å². The first-order valence-corrected chi connectivity index (χ1v) is 5.23. The van der Waals surface area contributed by atoms with E-state index in [1.165, 1.54) is 0 Å². The fraction of sp³-hybridized carbons (Fsp3) is 0.455. The lowest BCUT2D eigenvalue weighted by Crippen LogP contribution is -2.21.